The number of para-hydroxylation sites is 1. The van der Waals surface area contributed by atoms with Gasteiger partial charge in [-0.2, -0.15) is 0 Å². The normalized spacial score (nSPS) is 22.1. The van der Waals surface area contributed by atoms with Crippen LogP contribution in [0.3, 0.4) is 0 Å². The first-order valence-electron chi connectivity index (χ1n) is 10.6. The van der Waals surface area contributed by atoms with Gasteiger partial charge in [0.2, 0.25) is 5.91 Å². The monoisotopic (exact) mass is 398 g/mol. The summed E-state index contributed by atoms with van der Waals surface area (Å²) in [6, 6.07) is 8.18. The molecule has 1 saturated heterocycles. The van der Waals surface area contributed by atoms with Gasteiger partial charge >= 0.3 is 0 Å². The zero-order chi connectivity index (χ0) is 20.2. The lowest BCUT2D eigenvalue weighted by Crippen LogP contribution is -2.45. The quantitative estimate of drug-likeness (QED) is 0.516. The lowest BCUT2D eigenvalue weighted by Gasteiger charge is -2.30. The molecule has 0 radical (unpaired) electrons. The van der Waals surface area contributed by atoms with Crippen LogP contribution in [0.15, 0.2) is 30.5 Å². The molecule has 2 heterocycles. The number of amides is 2. The van der Waals surface area contributed by atoms with E-state index in [1.807, 2.05) is 30.5 Å². The van der Waals surface area contributed by atoms with Crippen molar-refractivity contribution in [3.05, 3.63) is 36.0 Å². The average Bonchev–Trinajstić information content (AvgIpc) is 3.28. The molecule has 1 saturated carbocycles. The zero-order valence-corrected chi connectivity index (χ0v) is 16.7. The van der Waals surface area contributed by atoms with Crippen molar-refractivity contribution in [2.45, 2.75) is 44.2 Å². The van der Waals surface area contributed by atoms with Gasteiger partial charge < -0.3 is 20.7 Å². The van der Waals surface area contributed by atoms with Gasteiger partial charge in [0.1, 0.15) is 0 Å². The van der Waals surface area contributed by atoms with Crippen molar-refractivity contribution in [2.24, 2.45) is 5.92 Å². The number of rotatable bonds is 9. The number of carbonyl (C=O) groups excluding carboxylic acids is 2. The molecule has 4 N–H and O–H groups in total. The molecule has 1 aromatic heterocycles. The molecule has 1 aliphatic heterocycles. The van der Waals surface area contributed by atoms with E-state index in [0.717, 1.165) is 36.2 Å². The molecule has 0 unspecified atom stereocenters. The van der Waals surface area contributed by atoms with Gasteiger partial charge in [0.15, 0.2) is 0 Å². The van der Waals surface area contributed by atoms with Crippen LogP contribution in [0.2, 0.25) is 0 Å². The highest BCUT2D eigenvalue weighted by Gasteiger charge is 2.38. The number of aromatic amines is 1. The average molecular weight is 399 g/mol. The maximum atomic E-state index is 12.8. The standard InChI is InChI=1S/C22H30N4O3/c27-11-10-23-20(28)12-17-6-7-18(26(17)14-15-4-5-15)13-25-22(29)19-3-1-2-16-8-9-24-21(16)19/h1-3,8-9,15,17-18,24,27H,4-7,10-14H2,(H,23,28)(H,25,29)/t17-,18+/m1/s1. The molecule has 1 aromatic carbocycles. The third-order valence-corrected chi connectivity index (χ3v) is 6.12. The maximum absolute atomic E-state index is 12.8. The van der Waals surface area contributed by atoms with Gasteiger partial charge in [0, 0.05) is 49.7 Å². The minimum absolute atomic E-state index is 0.00652. The van der Waals surface area contributed by atoms with E-state index in [0.29, 0.717) is 25.1 Å². The Morgan fingerprint density at radius 3 is 2.72 bits per heavy atom. The minimum atomic E-state index is -0.0615. The number of aromatic nitrogens is 1. The van der Waals surface area contributed by atoms with Crippen LogP contribution in [0, 0.1) is 5.92 Å². The Labute approximate surface area is 170 Å². The number of fused-ring (bicyclic) bond motifs is 1. The summed E-state index contributed by atoms with van der Waals surface area (Å²) in [6.07, 6.45) is 6.77. The van der Waals surface area contributed by atoms with Gasteiger partial charge in [-0.15, -0.1) is 0 Å². The molecule has 7 nitrogen and oxygen atoms in total. The minimum Gasteiger partial charge on any atom is -0.395 e. The lowest BCUT2D eigenvalue weighted by atomic mass is 10.1. The maximum Gasteiger partial charge on any atom is 0.253 e. The summed E-state index contributed by atoms with van der Waals surface area (Å²) in [4.78, 5) is 30.5. The number of benzene rings is 1. The first kappa shape index (κ1) is 19.9. The fourth-order valence-electron chi connectivity index (χ4n) is 4.41. The summed E-state index contributed by atoms with van der Waals surface area (Å²) in [5.41, 5.74) is 1.53. The van der Waals surface area contributed by atoms with Crippen molar-refractivity contribution in [3.8, 4) is 0 Å². The predicted octanol–water partition coefficient (Wildman–Crippen LogP) is 1.64. The molecule has 0 spiro atoms. The fourth-order valence-corrected chi connectivity index (χ4v) is 4.41. The van der Waals surface area contributed by atoms with Gasteiger partial charge in [-0.3, -0.25) is 14.5 Å². The molecule has 2 fully saturated rings. The smallest absolute Gasteiger partial charge is 0.253 e. The van der Waals surface area contributed by atoms with E-state index in [-0.39, 0.29) is 30.5 Å². The molecule has 2 amide bonds. The Hall–Kier alpha value is -2.38. The van der Waals surface area contributed by atoms with Gasteiger partial charge in [-0.1, -0.05) is 12.1 Å². The highest BCUT2D eigenvalue weighted by Crippen LogP contribution is 2.35. The third-order valence-electron chi connectivity index (χ3n) is 6.12. The number of H-pyrrole nitrogens is 1. The van der Waals surface area contributed by atoms with Crippen LogP contribution in [0.1, 0.15) is 42.5 Å². The number of hydrogen-bond acceptors (Lipinski definition) is 4. The number of aliphatic hydroxyl groups excluding tert-OH is 1. The summed E-state index contributed by atoms with van der Waals surface area (Å²) in [6.45, 7) is 1.87. The lowest BCUT2D eigenvalue weighted by molar-refractivity contribution is -0.122. The van der Waals surface area contributed by atoms with Crippen molar-refractivity contribution >= 4 is 22.7 Å². The van der Waals surface area contributed by atoms with E-state index >= 15 is 0 Å². The van der Waals surface area contributed by atoms with Crippen molar-refractivity contribution in [1.82, 2.24) is 20.5 Å². The van der Waals surface area contributed by atoms with Crippen LogP contribution in [-0.2, 0) is 4.79 Å². The second kappa shape index (κ2) is 8.97. The van der Waals surface area contributed by atoms with E-state index < -0.39 is 0 Å². The van der Waals surface area contributed by atoms with Crippen molar-refractivity contribution < 1.29 is 14.7 Å². The molecule has 2 aromatic rings. The van der Waals surface area contributed by atoms with Crippen LogP contribution in [-0.4, -0.2) is 65.1 Å². The fraction of sp³-hybridized carbons (Fsp3) is 0.545. The molecule has 29 heavy (non-hydrogen) atoms. The Kier molecular flexibility index (Phi) is 6.16. The SMILES string of the molecule is O=C(C[C@H]1CC[C@@H](CNC(=O)c2cccc3cc[nH]c23)N1CC1CC1)NCCO. The summed E-state index contributed by atoms with van der Waals surface area (Å²) in [5.74, 6) is 0.656. The van der Waals surface area contributed by atoms with Crippen LogP contribution < -0.4 is 10.6 Å². The molecule has 0 bridgehead atoms. The summed E-state index contributed by atoms with van der Waals surface area (Å²) < 4.78 is 0. The largest absolute Gasteiger partial charge is 0.395 e. The second-order valence-electron chi connectivity index (χ2n) is 8.26. The Morgan fingerprint density at radius 2 is 1.93 bits per heavy atom. The predicted molar refractivity (Wildman–Crippen MR) is 112 cm³/mol. The molecule has 7 heteroatoms. The van der Waals surface area contributed by atoms with Gasteiger partial charge in [0.05, 0.1) is 17.7 Å². The van der Waals surface area contributed by atoms with E-state index in [2.05, 4.69) is 20.5 Å². The van der Waals surface area contributed by atoms with Crippen LogP contribution in [0.5, 0.6) is 0 Å². The molecular formula is C22H30N4O3. The second-order valence-corrected chi connectivity index (χ2v) is 8.26. The number of nitrogens with zero attached hydrogens (tertiary/aromatic N) is 1. The van der Waals surface area contributed by atoms with Gasteiger partial charge in [0.25, 0.3) is 5.91 Å². The van der Waals surface area contributed by atoms with Crippen LogP contribution in [0.4, 0.5) is 0 Å². The van der Waals surface area contributed by atoms with Gasteiger partial charge in [-0.05, 0) is 43.7 Å². The molecule has 4 rings (SSSR count). The topological polar surface area (TPSA) is 97.5 Å². The first-order chi connectivity index (χ1) is 14.2. The number of carbonyl (C=O) groups is 2. The van der Waals surface area contributed by atoms with E-state index in [1.165, 1.54) is 12.8 Å². The number of hydrogen-bond donors (Lipinski definition) is 4. The van der Waals surface area contributed by atoms with Crippen LogP contribution >= 0.6 is 0 Å². The highest BCUT2D eigenvalue weighted by molar-refractivity contribution is 6.05. The Morgan fingerprint density at radius 1 is 1.10 bits per heavy atom. The number of likely N-dealkylation sites (tertiary alicyclic amines) is 1. The van der Waals surface area contributed by atoms with Gasteiger partial charge in [-0.25, -0.2) is 0 Å². The van der Waals surface area contributed by atoms with Crippen molar-refractivity contribution in [3.63, 3.8) is 0 Å². The van der Waals surface area contributed by atoms with E-state index in [9.17, 15) is 9.59 Å². The molecule has 156 valence electrons. The Bertz CT molecular complexity index is 861. The first-order valence-corrected chi connectivity index (χ1v) is 10.6. The third kappa shape index (κ3) is 4.79. The molecule has 1 aliphatic carbocycles. The molecule has 2 atom stereocenters. The van der Waals surface area contributed by atoms with E-state index in [4.69, 9.17) is 5.11 Å². The van der Waals surface area contributed by atoms with Crippen LogP contribution in [0.25, 0.3) is 10.9 Å². The number of nitrogens with one attached hydrogen (secondary N) is 3. The zero-order valence-electron chi connectivity index (χ0n) is 16.7. The Balaban J connectivity index is 1.37. The van der Waals surface area contributed by atoms with Crippen molar-refractivity contribution in [2.75, 3.05) is 26.2 Å². The molecular weight excluding hydrogens is 368 g/mol. The highest BCUT2D eigenvalue weighted by atomic mass is 16.3. The number of aliphatic hydroxyl groups is 1. The molecule has 2 aliphatic rings. The van der Waals surface area contributed by atoms with E-state index in [1.54, 1.807) is 0 Å². The van der Waals surface area contributed by atoms with Crippen molar-refractivity contribution in [1.29, 1.82) is 0 Å². The summed E-state index contributed by atoms with van der Waals surface area (Å²) in [5, 5.41) is 15.8. The summed E-state index contributed by atoms with van der Waals surface area (Å²) in [7, 11) is 0. The summed E-state index contributed by atoms with van der Waals surface area (Å²) >= 11 is 0.